The van der Waals surface area contributed by atoms with Crippen LogP contribution in [0, 0.1) is 0 Å². The second kappa shape index (κ2) is 9.33. The highest BCUT2D eigenvalue weighted by molar-refractivity contribution is 7.86. The minimum Gasteiger partial charge on any atom is -0.303 e. The van der Waals surface area contributed by atoms with E-state index in [0.717, 1.165) is 0 Å². The van der Waals surface area contributed by atoms with Crippen molar-refractivity contribution in [3.8, 4) is 0 Å². The van der Waals surface area contributed by atoms with Crippen LogP contribution in [0.5, 0.6) is 0 Å². The van der Waals surface area contributed by atoms with E-state index in [-0.39, 0.29) is 4.70 Å². The van der Waals surface area contributed by atoms with Crippen molar-refractivity contribution in [1.29, 1.82) is 0 Å². The summed E-state index contributed by atoms with van der Waals surface area (Å²) in [6.07, 6.45) is -36.0. The number of alkyl halides is 14. The first kappa shape index (κ1) is 32.0. The van der Waals surface area contributed by atoms with Gasteiger partial charge in [-0.15, -0.1) is 0 Å². The van der Waals surface area contributed by atoms with Crippen molar-refractivity contribution in [3.05, 3.63) is 0 Å². The van der Waals surface area contributed by atoms with Crippen LogP contribution in [-0.2, 0) is 19.6 Å². The summed E-state index contributed by atoms with van der Waals surface area (Å²) in [6, 6.07) is 0. The van der Waals surface area contributed by atoms with Crippen LogP contribution in [-0.4, -0.2) is 55.0 Å². The summed E-state index contributed by atoms with van der Waals surface area (Å²) in [7, 11) is -7.18. The Bertz CT molecular complexity index is 682. The van der Waals surface area contributed by atoms with Gasteiger partial charge in [0.15, 0.2) is 6.10 Å². The molecular formula is C10H9F15O5S. The average molecular weight is 526 g/mol. The topological polar surface area (TPSA) is 72.8 Å². The summed E-state index contributed by atoms with van der Waals surface area (Å²) >= 11 is 0. The van der Waals surface area contributed by atoms with Crippen molar-refractivity contribution in [2.75, 3.05) is 0 Å². The van der Waals surface area contributed by atoms with Gasteiger partial charge in [-0.2, -0.15) is 69.9 Å². The number of hydrogen-bond donors (Lipinski definition) is 1. The lowest BCUT2D eigenvalue weighted by atomic mass is 10.1. The van der Waals surface area contributed by atoms with Gasteiger partial charge in [-0.1, -0.05) is 0 Å². The van der Waals surface area contributed by atoms with Gasteiger partial charge in [-0.25, -0.2) is 0 Å². The Hall–Kier alpha value is -1.22. The first-order valence-corrected chi connectivity index (χ1v) is 8.20. The number of hydrogen-bond acceptors (Lipinski definition) is 4. The fourth-order valence-electron chi connectivity index (χ4n) is 1.53. The molecule has 31 heavy (non-hydrogen) atoms. The smallest absolute Gasteiger partial charge is 0.303 e. The van der Waals surface area contributed by atoms with Crippen molar-refractivity contribution in [1.82, 2.24) is 0 Å². The molecule has 0 aromatic carbocycles. The molecule has 0 heterocycles. The average Bonchev–Trinajstić information content (AvgIpc) is 2.40. The molecular weight excluding hydrogens is 517 g/mol. The highest BCUT2D eigenvalue weighted by atomic mass is 32.2. The summed E-state index contributed by atoms with van der Waals surface area (Å²) < 4.78 is 210. The third kappa shape index (κ3) is 8.33. The Kier molecular flexibility index (Phi) is 9.62. The van der Waals surface area contributed by atoms with E-state index in [4.69, 9.17) is 4.55 Å². The monoisotopic (exact) mass is 526 g/mol. The van der Waals surface area contributed by atoms with E-state index in [9.17, 15) is 69.9 Å². The van der Waals surface area contributed by atoms with Crippen molar-refractivity contribution in [2.24, 2.45) is 0 Å². The predicted molar refractivity (Wildman–Crippen MR) is 65.8 cm³/mol. The Morgan fingerprint density at radius 1 is 0.806 bits per heavy atom. The quantitative estimate of drug-likeness (QED) is 0.335. The van der Waals surface area contributed by atoms with E-state index >= 15 is 0 Å². The van der Waals surface area contributed by atoms with Crippen LogP contribution in [0.25, 0.3) is 0 Å². The van der Waals surface area contributed by atoms with Crippen LogP contribution in [0.1, 0.15) is 19.3 Å². The zero-order chi connectivity index (χ0) is 24.6. The molecule has 0 radical (unpaired) electrons. The van der Waals surface area contributed by atoms with Gasteiger partial charge in [0.05, 0.1) is 0 Å². The summed E-state index contributed by atoms with van der Waals surface area (Å²) in [5.41, 5.74) is -6.77. The Morgan fingerprint density at radius 2 is 1.23 bits per heavy atom. The van der Waals surface area contributed by atoms with Crippen LogP contribution in [0.2, 0.25) is 0 Å². The standard InChI is InChI=1S/C10H8F14O5S.FH/c11-5(12,13)3-1-2-4(6(14,15)16)28-9(21,22)7(17,8(18,19)20)29-10(23,24)30(25,26)27;/h4H,1-3H2,(H,25,26,27);1H. The first-order chi connectivity index (χ1) is 12.8. The van der Waals surface area contributed by atoms with Gasteiger partial charge in [0.2, 0.25) is 0 Å². The minimum absolute atomic E-state index is 0. The zero-order valence-electron chi connectivity index (χ0n) is 13.9. The molecule has 0 saturated carbocycles. The lowest BCUT2D eigenvalue weighted by molar-refractivity contribution is -0.499. The second-order valence-electron chi connectivity index (χ2n) is 5.31. The number of rotatable bonds is 9. The molecule has 0 bridgehead atoms. The maximum absolute atomic E-state index is 13.7. The van der Waals surface area contributed by atoms with Crippen LogP contribution >= 0.6 is 0 Å². The zero-order valence-corrected chi connectivity index (χ0v) is 14.7. The third-order valence-electron chi connectivity index (χ3n) is 2.88. The van der Waals surface area contributed by atoms with Crippen LogP contribution < -0.4 is 0 Å². The number of ether oxygens (including phenoxy) is 2. The molecule has 0 fully saturated rings. The van der Waals surface area contributed by atoms with Crippen molar-refractivity contribution < 1.29 is 88.6 Å². The van der Waals surface area contributed by atoms with Gasteiger partial charge in [-0.3, -0.25) is 14.0 Å². The first-order valence-electron chi connectivity index (χ1n) is 6.76. The summed E-state index contributed by atoms with van der Waals surface area (Å²) in [6.45, 7) is 0. The van der Waals surface area contributed by atoms with E-state index in [1.807, 2.05) is 0 Å². The molecule has 2 unspecified atom stereocenters. The maximum Gasteiger partial charge on any atom is 0.491 e. The maximum atomic E-state index is 13.7. The van der Waals surface area contributed by atoms with Crippen LogP contribution in [0.3, 0.4) is 0 Å². The molecule has 190 valence electrons. The second-order valence-corrected chi connectivity index (χ2v) is 6.73. The molecule has 0 aliphatic carbocycles. The van der Waals surface area contributed by atoms with Gasteiger partial charge < -0.3 is 4.74 Å². The summed E-state index contributed by atoms with van der Waals surface area (Å²) in [5.74, 6) is -7.31. The van der Waals surface area contributed by atoms with Gasteiger partial charge >= 0.3 is 46.1 Å². The van der Waals surface area contributed by atoms with E-state index < -0.39 is 71.4 Å². The fraction of sp³-hybridized carbons (Fsp3) is 1.00. The SMILES string of the molecule is F.O=S(=O)(O)C(F)(F)OC(F)(C(F)(F)F)C(F)(F)OC(CCCC(F)(F)F)C(F)(F)F. The Labute approximate surface area is 161 Å². The van der Waals surface area contributed by atoms with Crippen molar-refractivity contribution in [2.45, 2.75) is 61.3 Å². The Balaban J connectivity index is 0. The molecule has 0 aromatic rings. The van der Waals surface area contributed by atoms with Gasteiger partial charge in [0, 0.05) is 6.42 Å². The fourth-order valence-corrected chi connectivity index (χ4v) is 1.75. The van der Waals surface area contributed by atoms with Gasteiger partial charge in [0.25, 0.3) is 0 Å². The highest BCUT2D eigenvalue weighted by Crippen LogP contribution is 2.51. The summed E-state index contributed by atoms with van der Waals surface area (Å²) in [5, 5.41) is 0. The molecule has 0 amide bonds. The van der Waals surface area contributed by atoms with Crippen LogP contribution in [0.4, 0.5) is 66.2 Å². The Morgan fingerprint density at radius 3 is 1.52 bits per heavy atom. The lowest BCUT2D eigenvalue weighted by Gasteiger charge is -2.37. The molecule has 21 heteroatoms. The van der Waals surface area contributed by atoms with E-state index in [2.05, 4.69) is 4.74 Å². The van der Waals surface area contributed by atoms with Gasteiger partial charge in [-0.05, 0) is 12.8 Å². The molecule has 5 nitrogen and oxygen atoms in total. The van der Waals surface area contributed by atoms with E-state index in [1.54, 1.807) is 4.74 Å². The van der Waals surface area contributed by atoms with Crippen LogP contribution in [0.15, 0.2) is 0 Å². The highest BCUT2D eigenvalue weighted by Gasteiger charge is 2.79. The largest absolute Gasteiger partial charge is 0.491 e. The molecule has 0 aliphatic rings. The summed E-state index contributed by atoms with van der Waals surface area (Å²) in [4.78, 5) is 0. The van der Waals surface area contributed by atoms with E-state index in [1.165, 1.54) is 0 Å². The normalized spacial score (nSPS) is 17.6. The molecule has 0 aliphatic heterocycles. The number of halogens is 15. The molecule has 0 spiro atoms. The molecule has 0 rings (SSSR count). The van der Waals surface area contributed by atoms with E-state index in [0.29, 0.717) is 0 Å². The van der Waals surface area contributed by atoms with Crippen molar-refractivity contribution >= 4 is 10.1 Å². The molecule has 1 N–H and O–H groups in total. The van der Waals surface area contributed by atoms with Crippen molar-refractivity contribution in [3.63, 3.8) is 0 Å². The molecule has 0 saturated heterocycles. The third-order valence-corrected chi connectivity index (χ3v) is 3.56. The lowest BCUT2D eigenvalue weighted by Crippen LogP contribution is -2.63. The molecule has 0 aromatic heterocycles. The molecule has 2 atom stereocenters. The minimum atomic E-state index is -7.41. The predicted octanol–water partition coefficient (Wildman–Crippen LogP) is 5.09. The van der Waals surface area contributed by atoms with Gasteiger partial charge in [0.1, 0.15) is 0 Å².